The first-order valence-electron chi connectivity index (χ1n) is 4.54. The fourth-order valence-corrected chi connectivity index (χ4v) is 2.34. The highest BCUT2D eigenvalue weighted by molar-refractivity contribution is 6.34. The molecule has 0 N–H and O–H groups in total. The molecule has 1 aliphatic carbocycles. The van der Waals surface area contributed by atoms with Crippen LogP contribution in [0.2, 0.25) is 10.0 Å². The van der Waals surface area contributed by atoms with E-state index in [-0.39, 0.29) is 11.7 Å². The molecule has 1 aromatic rings. The smallest absolute Gasteiger partial charge is 0.133 e. The minimum atomic E-state index is 0.185. The van der Waals surface area contributed by atoms with Gasteiger partial charge in [-0.3, -0.25) is 4.79 Å². The van der Waals surface area contributed by atoms with Crippen molar-refractivity contribution in [1.29, 1.82) is 0 Å². The van der Waals surface area contributed by atoms with Crippen LogP contribution in [0.1, 0.15) is 24.8 Å². The zero-order chi connectivity index (χ0) is 10.3. The van der Waals surface area contributed by atoms with Gasteiger partial charge in [0, 0.05) is 16.0 Å². The van der Waals surface area contributed by atoms with Crippen molar-refractivity contribution in [2.45, 2.75) is 19.3 Å². The molecule has 1 fully saturated rings. The number of carbonyl (C=O) groups excluding carboxylic acids is 1. The molecule has 1 aliphatic rings. The Morgan fingerprint density at radius 1 is 1.29 bits per heavy atom. The molecule has 0 heterocycles. The van der Waals surface area contributed by atoms with Crippen LogP contribution >= 0.6 is 23.2 Å². The van der Waals surface area contributed by atoms with E-state index in [9.17, 15) is 4.79 Å². The van der Waals surface area contributed by atoms with Gasteiger partial charge in [0.25, 0.3) is 0 Å². The van der Waals surface area contributed by atoms with E-state index in [1.807, 2.05) is 12.1 Å². The van der Waals surface area contributed by atoms with Gasteiger partial charge in [0.1, 0.15) is 5.78 Å². The molecule has 0 bridgehead atoms. The molecule has 1 saturated carbocycles. The normalized spacial score (nSPS) is 24.8. The van der Waals surface area contributed by atoms with Crippen molar-refractivity contribution < 1.29 is 4.79 Å². The van der Waals surface area contributed by atoms with Crippen molar-refractivity contribution in [3.8, 4) is 0 Å². The minimum Gasteiger partial charge on any atom is -0.300 e. The average molecular weight is 229 g/mol. The summed E-state index contributed by atoms with van der Waals surface area (Å²) >= 11 is 11.8. The lowest BCUT2D eigenvalue weighted by atomic mass is 10.1. The fraction of sp³-hybridized carbons (Fsp3) is 0.364. The number of carbonyl (C=O) groups is 1. The van der Waals surface area contributed by atoms with Crippen molar-refractivity contribution in [2.24, 2.45) is 5.92 Å². The molecule has 0 saturated heterocycles. The molecule has 14 heavy (non-hydrogen) atoms. The van der Waals surface area contributed by atoms with E-state index in [1.165, 1.54) is 0 Å². The Morgan fingerprint density at radius 2 is 1.86 bits per heavy atom. The summed E-state index contributed by atoms with van der Waals surface area (Å²) in [5, 5.41) is 1.28. The third kappa shape index (κ3) is 1.94. The number of hydrogen-bond acceptors (Lipinski definition) is 1. The number of ketones is 1. The van der Waals surface area contributed by atoms with Crippen molar-refractivity contribution in [3.05, 3.63) is 33.8 Å². The monoisotopic (exact) mass is 228 g/mol. The van der Waals surface area contributed by atoms with E-state index in [0.717, 1.165) is 12.0 Å². The van der Waals surface area contributed by atoms with E-state index in [0.29, 0.717) is 16.0 Å². The maximum Gasteiger partial charge on any atom is 0.133 e. The summed E-state index contributed by atoms with van der Waals surface area (Å²) in [6.45, 7) is 1.64. The van der Waals surface area contributed by atoms with Crippen LogP contribution in [0.25, 0.3) is 0 Å². The standard InChI is InChI=1S/C11H10Cl2O/c1-6(14)10-5-11(10)7-2-8(12)4-9(13)3-7/h2-4,10-11H,5H2,1H3. The molecular weight excluding hydrogens is 219 g/mol. The van der Waals surface area contributed by atoms with Crippen LogP contribution in [0, 0.1) is 5.92 Å². The second-order valence-electron chi connectivity index (χ2n) is 3.76. The quantitative estimate of drug-likeness (QED) is 0.755. The lowest BCUT2D eigenvalue weighted by Gasteiger charge is -2.01. The van der Waals surface area contributed by atoms with E-state index in [1.54, 1.807) is 13.0 Å². The van der Waals surface area contributed by atoms with Gasteiger partial charge >= 0.3 is 0 Å². The number of halogens is 2. The molecule has 0 aliphatic heterocycles. The molecule has 1 aromatic carbocycles. The summed E-state index contributed by atoms with van der Waals surface area (Å²) < 4.78 is 0. The Hall–Kier alpha value is -0.530. The van der Waals surface area contributed by atoms with Crippen LogP contribution in [0.15, 0.2) is 18.2 Å². The van der Waals surface area contributed by atoms with Gasteiger partial charge in [0.15, 0.2) is 0 Å². The summed E-state index contributed by atoms with van der Waals surface area (Å²) in [6.07, 6.45) is 0.937. The van der Waals surface area contributed by atoms with Gasteiger partial charge in [0.05, 0.1) is 0 Å². The molecule has 74 valence electrons. The average Bonchev–Trinajstić information content (AvgIpc) is 2.79. The van der Waals surface area contributed by atoms with Gasteiger partial charge in [0.2, 0.25) is 0 Å². The lowest BCUT2D eigenvalue weighted by Crippen LogP contribution is -1.94. The van der Waals surface area contributed by atoms with E-state index in [4.69, 9.17) is 23.2 Å². The molecule has 0 aromatic heterocycles. The van der Waals surface area contributed by atoms with Gasteiger partial charge in [-0.15, -0.1) is 0 Å². The van der Waals surface area contributed by atoms with Crippen molar-refractivity contribution in [3.63, 3.8) is 0 Å². The molecule has 1 nitrogen and oxygen atoms in total. The molecule has 0 spiro atoms. The van der Waals surface area contributed by atoms with Crippen molar-refractivity contribution in [2.75, 3.05) is 0 Å². The maximum absolute atomic E-state index is 11.1. The van der Waals surface area contributed by atoms with Gasteiger partial charge in [-0.25, -0.2) is 0 Å². The summed E-state index contributed by atoms with van der Waals surface area (Å²) in [7, 11) is 0. The third-order valence-corrected chi connectivity index (χ3v) is 3.06. The SMILES string of the molecule is CC(=O)C1CC1c1cc(Cl)cc(Cl)c1. The Bertz CT molecular complexity index is 367. The van der Waals surface area contributed by atoms with Crippen molar-refractivity contribution >= 4 is 29.0 Å². The Balaban J connectivity index is 2.23. The topological polar surface area (TPSA) is 17.1 Å². The highest BCUT2D eigenvalue weighted by Gasteiger charge is 2.41. The number of hydrogen-bond donors (Lipinski definition) is 0. The molecule has 0 radical (unpaired) electrons. The highest BCUT2D eigenvalue weighted by Crippen LogP contribution is 2.48. The molecule has 2 atom stereocenters. The van der Waals surface area contributed by atoms with Crippen LogP contribution in [0.5, 0.6) is 0 Å². The van der Waals surface area contributed by atoms with Gasteiger partial charge in [-0.2, -0.15) is 0 Å². The fourth-order valence-electron chi connectivity index (χ4n) is 1.80. The Labute approximate surface area is 93.0 Å². The van der Waals surface area contributed by atoms with Gasteiger partial charge in [-0.05, 0) is 43.0 Å². The lowest BCUT2D eigenvalue weighted by molar-refractivity contribution is -0.118. The summed E-state index contributed by atoms with van der Waals surface area (Å²) in [5.41, 5.74) is 1.09. The van der Waals surface area contributed by atoms with Gasteiger partial charge < -0.3 is 0 Å². The van der Waals surface area contributed by atoms with Crippen LogP contribution in [0.4, 0.5) is 0 Å². The van der Waals surface area contributed by atoms with Crippen molar-refractivity contribution in [1.82, 2.24) is 0 Å². The Kier molecular flexibility index (Phi) is 2.54. The minimum absolute atomic E-state index is 0.185. The van der Waals surface area contributed by atoms with E-state index < -0.39 is 0 Å². The second-order valence-corrected chi connectivity index (χ2v) is 4.63. The summed E-state index contributed by atoms with van der Waals surface area (Å²) in [5.74, 6) is 0.777. The van der Waals surface area contributed by atoms with E-state index in [2.05, 4.69) is 0 Å². The second kappa shape index (κ2) is 3.56. The molecule has 2 unspecified atom stereocenters. The predicted molar refractivity (Wildman–Crippen MR) is 58.0 cm³/mol. The molecule has 3 heteroatoms. The highest BCUT2D eigenvalue weighted by atomic mass is 35.5. The van der Waals surface area contributed by atoms with E-state index >= 15 is 0 Å². The van der Waals surface area contributed by atoms with Crippen LogP contribution in [-0.2, 0) is 4.79 Å². The Morgan fingerprint density at radius 3 is 2.29 bits per heavy atom. The van der Waals surface area contributed by atoms with Crippen LogP contribution in [-0.4, -0.2) is 5.78 Å². The molecule has 0 amide bonds. The largest absolute Gasteiger partial charge is 0.300 e. The van der Waals surface area contributed by atoms with Crippen LogP contribution in [0.3, 0.4) is 0 Å². The van der Waals surface area contributed by atoms with Crippen LogP contribution < -0.4 is 0 Å². The first kappa shape index (κ1) is 10.0. The molecule has 2 rings (SSSR count). The molecular formula is C11H10Cl2O. The first-order valence-corrected chi connectivity index (χ1v) is 5.30. The zero-order valence-corrected chi connectivity index (χ0v) is 9.27. The summed E-state index contributed by atoms with van der Waals surface area (Å²) in [6, 6.07) is 5.49. The number of rotatable bonds is 2. The first-order chi connectivity index (χ1) is 6.58. The third-order valence-electron chi connectivity index (χ3n) is 2.63. The number of Topliss-reactive ketones (excluding diaryl/α,β-unsaturated/α-hetero) is 1. The number of benzene rings is 1. The van der Waals surface area contributed by atoms with Gasteiger partial charge in [-0.1, -0.05) is 23.2 Å². The summed E-state index contributed by atoms with van der Waals surface area (Å²) in [4.78, 5) is 11.1. The predicted octanol–water partition coefficient (Wildman–Crippen LogP) is 3.69. The zero-order valence-electron chi connectivity index (χ0n) is 7.76. The maximum atomic E-state index is 11.1.